The fourth-order valence-corrected chi connectivity index (χ4v) is 3.54. The number of hydrogen-bond acceptors (Lipinski definition) is 4. The number of amides is 1. The smallest absolute Gasteiger partial charge is 0.272 e. The summed E-state index contributed by atoms with van der Waals surface area (Å²) in [7, 11) is 0. The molecule has 0 aliphatic carbocycles. The fraction of sp³-hybridized carbons (Fsp3) is 0.438. The van der Waals surface area contributed by atoms with Gasteiger partial charge in [0, 0.05) is 10.9 Å². The van der Waals surface area contributed by atoms with Crippen LogP contribution in [0.5, 0.6) is 0 Å². The first-order valence-corrected chi connectivity index (χ1v) is 7.54. The average Bonchev–Trinajstić information content (AvgIpc) is 2.79. The Labute approximate surface area is 127 Å². The van der Waals surface area contributed by atoms with Gasteiger partial charge in [-0.1, -0.05) is 0 Å². The Kier molecular flexibility index (Phi) is 3.00. The zero-order valence-corrected chi connectivity index (χ0v) is 12.3. The molecule has 3 heterocycles. The van der Waals surface area contributed by atoms with Gasteiger partial charge in [-0.2, -0.15) is 5.10 Å². The highest BCUT2D eigenvalue weighted by Crippen LogP contribution is 2.30. The van der Waals surface area contributed by atoms with E-state index in [-0.39, 0.29) is 23.6 Å². The summed E-state index contributed by atoms with van der Waals surface area (Å²) in [6.07, 6.45) is 2.01. The van der Waals surface area contributed by atoms with Crippen LogP contribution in [0.2, 0.25) is 0 Å². The Hall–Kier alpha value is -2.21. The van der Waals surface area contributed by atoms with Crippen LogP contribution in [0, 0.1) is 6.92 Å². The molecule has 2 unspecified atom stereocenters. The van der Waals surface area contributed by atoms with Crippen LogP contribution in [-0.4, -0.2) is 46.3 Å². The monoisotopic (exact) mass is 299 g/mol. The maximum absolute atomic E-state index is 12.9. The third kappa shape index (κ3) is 1.94. The lowest BCUT2D eigenvalue weighted by molar-refractivity contribution is -0.00714. The first-order valence-electron chi connectivity index (χ1n) is 7.54. The van der Waals surface area contributed by atoms with Crippen molar-refractivity contribution in [2.24, 2.45) is 0 Å². The number of ether oxygens (including phenoxy) is 1. The van der Waals surface area contributed by atoms with Gasteiger partial charge in [0.2, 0.25) is 0 Å². The summed E-state index contributed by atoms with van der Waals surface area (Å²) < 4.78 is 5.53. The number of nitrogens with one attached hydrogen (secondary N) is 1. The molecule has 0 saturated carbocycles. The number of H-pyrrole nitrogens is 1. The lowest BCUT2D eigenvalue weighted by atomic mass is 10.1. The van der Waals surface area contributed by atoms with Crippen molar-refractivity contribution >= 4 is 16.7 Å². The highest BCUT2D eigenvalue weighted by atomic mass is 16.5. The molecule has 6 nitrogen and oxygen atoms in total. The highest BCUT2D eigenvalue weighted by molar-refractivity contribution is 5.99. The number of carbonyl (C=O) groups is 1. The Bertz CT molecular complexity index is 798. The van der Waals surface area contributed by atoms with Gasteiger partial charge in [0.05, 0.1) is 36.4 Å². The molecule has 1 N–H and O–H groups in total. The van der Waals surface area contributed by atoms with Crippen LogP contribution in [0.15, 0.2) is 23.0 Å². The summed E-state index contributed by atoms with van der Waals surface area (Å²) in [5.41, 5.74) is 1.10. The number of benzene rings is 1. The number of aromatic nitrogens is 2. The number of hydrogen-bond donors (Lipinski definition) is 1. The van der Waals surface area contributed by atoms with Gasteiger partial charge < -0.3 is 9.64 Å². The van der Waals surface area contributed by atoms with Crippen molar-refractivity contribution in [3.8, 4) is 0 Å². The van der Waals surface area contributed by atoms with E-state index in [0.717, 1.165) is 18.2 Å². The van der Waals surface area contributed by atoms with E-state index in [2.05, 4.69) is 10.2 Å². The maximum atomic E-state index is 12.9. The summed E-state index contributed by atoms with van der Waals surface area (Å²) in [4.78, 5) is 26.6. The Morgan fingerprint density at radius 2 is 2.00 bits per heavy atom. The Morgan fingerprint density at radius 1 is 1.27 bits per heavy atom. The number of aromatic amines is 1. The van der Waals surface area contributed by atoms with Crippen LogP contribution in [0.25, 0.3) is 10.8 Å². The molecule has 22 heavy (non-hydrogen) atoms. The van der Waals surface area contributed by atoms with E-state index in [0.29, 0.717) is 29.9 Å². The van der Waals surface area contributed by atoms with Gasteiger partial charge in [-0.25, -0.2) is 5.10 Å². The summed E-state index contributed by atoms with van der Waals surface area (Å²) >= 11 is 0. The minimum Gasteiger partial charge on any atom is -0.377 e. The molecule has 0 spiro atoms. The minimum atomic E-state index is -0.231. The minimum absolute atomic E-state index is 0.0254. The SMILES string of the molecule is Cc1n[nH]c(=O)c2ccc(C(=O)N3C4CCC3COC4)cc12. The van der Waals surface area contributed by atoms with E-state index in [1.54, 1.807) is 18.2 Å². The standard InChI is InChI=1S/C16H17N3O3/c1-9-14-6-10(2-5-13(14)15(20)18-17-9)16(21)19-11-3-4-12(19)8-22-7-11/h2,5-6,11-12H,3-4,7-8H2,1H3,(H,18,20). The number of nitrogens with zero attached hydrogens (tertiary/aromatic N) is 2. The zero-order valence-electron chi connectivity index (χ0n) is 12.3. The van der Waals surface area contributed by atoms with Gasteiger partial charge in [-0.05, 0) is 38.0 Å². The van der Waals surface area contributed by atoms with Crippen molar-refractivity contribution in [2.45, 2.75) is 31.8 Å². The molecule has 6 heteroatoms. The molecular weight excluding hydrogens is 282 g/mol. The second-order valence-corrected chi connectivity index (χ2v) is 6.03. The second kappa shape index (κ2) is 4.91. The number of morpholine rings is 1. The van der Waals surface area contributed by atoms with Gasteiger partial charge >= 0.3 is 0 Å². The summed E-state index contributed by atoms with van der Waals surface area (Å²) in [5.74, 6) is 0.0254. The van der Waals surface area contributed by atoms with Crippen LogP contribution in [-0.2, 0) is 4.74 Å². The van der Waals surface area contributed by atoms with Gasteiger partial charge in [-0.3, -0.25) is 9.59 Å². The van der Waals surface area contributed by atoms with Crippen LogP contribution < -0.4 is 5.56 Å². The topological polar surface area (TPSA) is 75.3 Å². The third-order valence-corrected chi connectivity index (χ3v) is 4.70. The molecule has 0 radical (unpaired) electrons. The predicted octanol–water partition coefficient (Wildman–Crippen LogP) is 1.23. The predicted molar refractivity (Wildman–Crippen MR) is 80.9 cm³/mol. The molecule has 2 aliphatic rings. The van der Waals surface area contributed by atoms with Crippen LogP contribution >= 0.6 is 0 Å². The van der Waals surface area contributed by atoms with Gasteiger partial charge in [0.15, 0.2) is 0 Å². The molecule has 2 fully saturated rings. The van der Waals surface area contributed by atoms with Crippen molar-refractivity contribution in [1.82, 2.24) is 15.1 Å². The van der Waals surface area contributed by atoms with Crippen LogP contribution in [0.1, 0.15) is 28.9 Å². The molecule has 1 aromatic carbocycles. The molecule has 2 bridgehead atoms. The number of rotatable bonds is 1. The maximum Gasteiger partial charge on any atom is 0.272 e. The molecule has 114 valence electrons. The molecule has 4 rings (SSSR count). The molecule has 1 amide bonds. The summed E-state index contributed by atoms with van der Waals surface area (Å²) in [6, 6.07) is 5.58. The fourth-order valence-electron chi connectivity index (χ4n) is 3.54. The largest absolute Gasteiger partial charge is 0.377 e. The highest BCUT2D eigenvalue weighted by Gasteiger charge is 2.40. The second-order valence-electron chi connectivity index (χ2n) is 6.03. The number of aryl methyl sites for hydroxylation is 1. The first kappa shape index (κ1) is 13.5. The van der Waals surface area contributed by atoms with Gasteiger partial charge in [0.1, 0.15) is 0 Å². The lowest BCUT2D eigenvalue weighted by Gasteiger charge is -2.34. The average molecular weight is 299 g/mol. The quantitative estimate of drug-likeness (QED) is 0.859. The van der Waals surface area contributed by atoms with E-state index in [1.165, 1.54) is 0 Å². The Balaban J connectivity index is 1.76. The molecular formula is C16H17N3O3. The van der Waals surface area contributed by atoms with Crippen LogP contribution in [0.3, 0.4) is 0 Å². The summed E-state index contributed by atoms with van der Waals surface area (Å²) in [5, 5.41) is 7.74. The molecule has 2 aliphatic heterocycles. The summed E-state index contributed by atoms with van der Waals surface area (Å²) in [6.45, 7) is 3.07. The van der Waals surface area contributed by atoms with Crippen LogP contribution in [0.4, 0.5) is 0 Å². The van der Waals surface area contributed by atoms with Crippen molar-refractivity contribution in [3.63, 3.8) is 0 Å². The molecule has 1 aromatic heterocycles. The van der Waals surface area contributed by atoms with E-state index < -0.39 is 0 Å². The van der Waals surface area contributed by atoms with E-state index >= 15 is 0 Å². The molecule has 2 aromatic rings. The number of fused-ring (bicyclic) bond motifs is 3. The first-order chi connectivity index (χ1) is 10.6. The zero-order chi connectivity index (χ0) is 15.3. The van der Waals surface area contributed by atoms with Crippen molar-refractivity contribution < 1.29 is 9.53 Å². The van der Waals surface area contributed by atoms with E-state index in [1.807, 2.05) is 11.8 Å². The van der Waals surface area contributed by atoms with E-state index in [4.69, 9.17) is 4.74 Å². The van der Waals surface area contributed by atoms with Crippen molar-refractivity contribution in [3.05, 3.63) is 39.8 Å². The van der Waals surface area contributed by atoms with Crippen molar-refractivity contribution in [2.75, 3.05) is 13.2 Å². The molecule has 2 atom stereocenters. The van der Waals surface area contributed by atoms with E-state index in [9.17, 15) is 9.59 Å². The van der Waals surface area contributed by atoms with Gasteiger partial charge in [-0.15, -0.1) is 0 Å². The lowest BCUT2D eigenvalue weighted by Crippen LogP contribution is -2.49. The van der Waals surface area contributed by atoms with Gasteiger partial charge in [0.25, 0.3) is 11.5 Å². The third-order valence-electron chi connectivity index (χ3n) is 4.70. The number of carbonyl (C=O) groups excluding carboxylic acids is 1. The Morgan fingerprint density at radius 3 is 2.73 bits per heavy atom. The van der Waals surface area contributed by atoms with Crippen molar-refractivity contribution in [1.29, 1.82) is 0 Å². The molecule has 2 saturated heterocycles. The normalized spacial score (nSPS) is 24.0.